The van der Waals surface area contributed by atoms with Gasteiger partial charge in [-0.05, 0) is 68.3 Å². The maximum atomic E-state index is 12.1. The van der Waals surface area contributed by atoms with Crippen LogP contribution in [0.2, 0.25) is 0 Å². The maximum absolute atomic E-state index is 12.1. The normalized spacial score (nSPS) is 26.7. The average molecular weight is 359 g/mol. The summed E-state index contributed by atoms with van der Waals surface area (Å²) in [5.74, 6) is 1.39. The van der Waals surface area contributed by atoms with Gasteiger partial charge in [0, 0.05) is 6.04 Å². The van der Waals surface area contributed by atoms with Gasteiger partial charge in [0.2, 0.25) is 0 Å². The molecule has 0 spiro atoms. The minimum Gasteiger partial charge on any atom is -0.504 e. The summed E-state index contributed by atoms with van der Waals surface area (Å²) in [6, 6.07) is 8.91. The van der Waals surface area contributed by atoms with Crippen molar-refractivity contribution in [2.45, 2.75) is 37.6 Å². The van der Waals surface area contributed by atoms with Gasteiger partial charge in [-0.3, -0.25) is 0 Å². The predicted octanol–water partition coefficient (Wildman–Crippen LogP) is 3.36. The summed E-state index contributed by atoms with van der Waals surface area (Å²) >= 11 is 0. The van der Waals surface area contributed by atoms with Gasteiger partial charge in [0.25, 0.3) is 0 Å². The fourth-order valence-electron chi connectivity index (χ4n) is 4.44. The van der Waals surface area contributed by atoms with Crippen LogP contribution < -0.4 is 4.74 Å². The molecule has 0 bridgehead atoms. The van der Waals surface area contributed by atoms with E-state index in [4.69, 9.17) is 14.2 Å². The highest BCUT2D eigenvalue weighted by atomic mass is 16.5. The number of carbonyl (C=O) groups is 1. The van der Waals surface area contributed by atoms with E-state index in [1.165, 1.54) is 19.1 Å². The van der Waals surface area contributed by atoms with Crippen LogP contribution in [-0.2, 0) is 14.3 Å². The minimum absolute atomic E-state index is 0.202. The molecule has 5 nitrogen and oxygen atoms in total. The van der Waals surface area contributed by atoms with E-state index in [1.807, 2.05) is 6.07 Å². The molecule has 2 heterocycles. The molecule has 3 atom stereocenters. The Hall–Kier alpha value is -2.01. The number of ether oxygens (including phenoxy) is 3. The first-order valence-corrected chi connectivity index (χ1v) is 9.35. The highest BCUT2D eigenvalue weighted by Crippen LogP contribution is 2.39. The Morgan fingerprint density at radius 3 is 2.69 bits per heavy atom. The molecular weight excluding hydrogens is 330 g/mol. The second-order valence-corrected chi connectivity index (χ2v) is 7.21. The van der Waals surface area contributed by atoms with Crippen molar-refractivity contribution in [2.24, 2.45) is 5.92 Å². The van der Waals surface area contributed by atoms with Gasteiger partial charge in [-0.25, -0.2) is 4.79 Å². The van der Waals surface area contributed by atoms with Gasteiger partial charge >= 0.3 is 5.97 Å². The largest absolute Gasteiger partial charge is 0.504 e. The maximum Gasteiger partial charge on any atom is 0.337 e. The Balaban J connectivity index is 1.71. The lowest BCUT2D eigenvalue weighted by atomic mass is 9.77. The van der Waals surface area contributed by atoms with E-state index in [-0.39, 0.29) is 11.9 Å². The van der Waals surface area contributed by atoms with Crippen molar-refractivity contribution in [3.05, 3.63) is 41.7 Å². The Morgan fingerprint density at radius 2 is 1.96 bits per heavy atom. The smallest absolute Gasteiger partial charge is 0.337 e. The molecule has 0 aromatic heterocycles. The summed E-state index contributed by atoms with van der Waals surface area (Å²) in [6.45, 7) is 2.14. The second kappa shape index (κ2) is 8.58. The van der Waals surface area contributed by atoms with Crippen molar-refractivity contribution in [2.75, 3.05) is 34.4 Å². The average Bonchev–Trinajstić information content (AvgIpc) is 2.70. The molecule has 26 heavy (non-hydrogen) atoms. The lowest BCUT2D eigenvalue weighted by molar-refractivity contribution is -0.137. The van der Waals surface area contributed by atoms with Crippen LogP contribution >= 0.6 is 0 Å². The fourth-order valence-corrected chi connectivity index (χ4v) is 4.44. The third-order valence-corrected chi connectivity index (χ3v) is 5.83. The summed E-state index contributed by atoms with van der Waals surface area (Å²) in [5, 5.41) is 0. The first-order chi connectivity index (χ1) is 12.7. The zero-order chi connectivity index (χ0) is 18.5. The van der Waals surface area contributed by atoms with Crippen LogP contribution in [0.25, 0.3) is 0 Å². The molecule has 2 saturated heterocycles. The van der Waals surface area contributed by atoms with Gasteiger partial charge in [-0.15, -0.1) is 0 Å². The van der Waals surface area contributed by atoms with Crippen LogP contribution in [0, 0.1) is 5.92 Å². The van der Waals surface area contributed by atoms with Gasteiger partial charge in [0.1, 0.15) is 5.75 Å². The third-order valence-electron chi connectivity index (χ3n) is 5.83. The van der Waals surface area contributed by atoms with Crippen LogP contribution in [0.4, 0.5) is 0 Å². The quantitative estimate of drug-likeness (QED) is 0.458. The number of benzene rings is 1. The van der Waals surface area contributed by atoms with E-state index < -0.39 is 0 Å². The predicted molar refractivity (Wildman–Crippen MR) is 100 cm³/mol. The standard InChI is InChI=1S/C21H29NO4/c1-24-14-20(21(23)26-3)17-8-10-22-9-7-16(11-18(22)12-17)15-5-4-6-19(13-15)25-2/h4-6,13-14,16-18H,7-12H2,1-3H3/b20-14-. The topological polar surface area (TPSA) is 48.0 Å². The first kappa shape index (κ1) is 18.8. The van der Waals surface area contributed by atoms with Crippen LogP contribution in [0.5, 0.6) is 5.75 Å². The number of esters is 1. The van der Waals surface area contributed by atoms with Gasteiger partial charge in [0.15, 0.2) is 0 Å². The van der Waals surface area contributed by atoms with E-state index in [2.05, 4.69) is 23.1 Å². The summed E-state index contributed by atoms with van der Waals surface area (Å²) in [6.07, 6.45) is 5.81. The van der Waals surface area contributed by atoms with Crippen molar-refractivity contribution in [1.29, 1.82) is 0 Å². The highest BCUT2D eigenvalue weighted by Gasteiger charge is 2.37. The second-order valence-electron chi connectivity index (χ2n) is 7.21. The first-order valence-electron chi connectivity index (χ1n) is 9.35. The van der Waals surface area contributed by atoms with Gasteiger partial charge in [0.05, 0.1) is 33.2 Å². The van der Waals surface area contributed by atoms with Crippen molar-refractivity contribution in [1.82, 2.24) is 4.90 Å². The van der Waals surface area contributed by atoms with Gasteiger partial charge < -0.3 is 19.1 Å². The minimum atomic E-state index is -0.273. The number of piperidine rings is 2. The number of rotatable bonds is 5. The Bertz CT molecular complexity index is 657. The molecule has 0 radical (unpaired) electrons. The highest BCUT2D eigenvalue weighted by molar-refractivity contribution is 5.88. The summed E-state index contributed by atoms with van der Waals surface area (Å²) in [5.41, 5.74) is 2.02. The van der Waals surface area contributed by atoms with Crippen LogP contribution in [0.1, 0.15) is 37.2 Å². The van der Waals surface area contributed by atoms with E-state index >= 15 is 0 Å². The molecular formula is C21H29NO4. The summed E-state index contributed by atoms with van der Waals surface area (Å²) in [4.78, 5) is 14.7. The molecule has 2 aliphatic rings. The Morgan fingerprint density at radius 1 is 1.15 bits per heavy atom. The van der Waals surface area contributed by atoms with Gasteiger partial charge in [-0.1, -0.05) is 12.1 Å². The number of hydrogen-bond acceptors (Lipinski definition) is 5. The van der Waals surface area contributed by atoms with Crippen LogP contribution in [0.15, 0.2) is 36.1 Å². The molecule has 2 aliphatic heterocycles. The lowest BCUT2D eigenvalue weighted by Crippen LogP contribution is -2.47. The van der Waals surface area contributed by atoms with Crippen LogP contribution in [0.3, 0.4) is 0 Å². The van der Waals surface area contributed by atoms with Gasteiger partial charge in [-0.2, -0.15) is 0 Å². The molecule has 0 saturated carbocycles. The fraction of sp³-hybridized carbons (Fsp3) is 0.571. The van der Waals surface area contributed by atoms with Crippen molar-refractivity contribution in [3.8, 4) is 5.75 Å². The number of methoxy groups -OCH3 is 3. The number of hydrogen-bond donors (Lipinski definition) is 0. The number of carbonyl (C=O) groups excluding carboxylic acids is 1. The zero-order valence-corrected chi connectivity index (χ0v) is 15.9. The molecule has 2 fully saturated rings. The number of nitrogens with zero attached hydrogens (tertiary/aromatic N) is 1. The van der Waals surface area contributed by atoms with Crippen LogP contribution in [-0.4, -0.2) is 51.3 Å². The van der Waals surface area contributed by atoms with E-state index in [0.29, 0.717) is 17.5 Å². The molecule has 5 heteroatoms. The zero-order valence-electron chi connectivity index (χ0n) is 15.9. The summed E-state index contributed by atoms with van der Waals surface area (Å²) < 4.78 is 15.5. The monoisotopic (exact) mass is 359 g/mol. The number of fused-ring (bicyclic) bond motifs is 1. The molecule has 1 aromatic carbocycles. The SMILES string of the molecule is CO/C=C(\C(=O)OC)C1CCN2CCC(c3cccc(OC)c3)CC2C1. The van der Waals surface area contributed by atoms with Crippen molar-refractivity contribution < 1.29 is 19.0 Å². The molecule has 1 aromatic rings. The Kier molecular flexibility index (Phi) is 6.20. The Labute approximate surface area is 155 Å². The van der Waals surface area contributed by atoms with E-state index in [0.717, 1.165) is 38.1 Å². The lowest BCUT2D eigenvalue weighted by Gasteiger charge is -2.45. The van der Waals surface area contributed by atoms with E-state index in [1.54, 1.807) is 20.5 Å². The van der Waals surface area contributed by atoms with Crippen molar-refractivity contribution in [3.63, 3.8) is 0 Å². The molecule has 3 unspecified atom stereocenters. The van der Waals surface area contributed by atoms with Crippen molar-refractivity contribution >= 4 is 5.97 Å². The summed E-state index contributed by atoms with van der Waals surface area (Å²) in [7, 11) is 4.72. The molecule has 0 aliphatic carbocycles. The van der Waals surface area contributed by atoms with E-state index in [9.17, 15) is 4.79 Å². The molecule has 142 valence electrons. The molecule has 0 N–H and O–H groups in total. The third kappa shape index (κ3) is 4.04. The molecule has 0 amide bonds. The molecule has 3 rings (SSSR count).